The number of nitrogens with two attached hydrogens (primary N) is 1. The predicted octanol–water partition coefficient (Wildman–Crippen LogP) is 3.61. The Hall–Kier alpha value is -0.340. The molecular weight excluding hydrogens is 250 g/mol. The van der Waals surface area contributed by atoms with Gasteiger partial charge in [-0.25, -0.2) is 0 Å². The second-order valence-corrected chi connectivity index (χ2v) is 5.74. The zero-order valence-corrected chi connectivity index (χ0v) is 11.3. The molecule has 0 bridgehead atoms. The quantitative estimate of drug-likeness (QED) is 0.888. The first kappa shape index (κ1) is 12.7. The van der Waals surface area contributed by atoms with Crippen molar-refractivity contribution < 1.29 is 0 Å². The molecule has 1 aromatic carbocycles. The summed E-state index contributed by atoms with van der Waals surface area (Å²) in [7, 11) is 0. The van der Waals surface area contributed by atoms with E-state index in [1.807, 2.05) is 0 Å². The summed E-state index contributed by atoms with van der Waals surface area (Å²) in [4.78, 5) is 0. The lowest BCUT2D eigenvalue weighted by Gasteiger charge is -2.32. The molecule has 0 fully saturated rings. The van der Waals surface area contributed by atoms with Crippen molar-refractivity contribution in [3.05, 3.63) is 34.3 Å². The molecule has 0 saturated heterocycles. The smallest absolute Gasteiger partial charge is 0.0177 e. The maximum Gasteiger partial charge on any atom is 0.0177 e. The van der Waals surface area contributed by atoms with E-state index in [1.54, 1.807) is 0 Å². The fraction of sp³-hybridized carbons (Fsp3) is 0.538. The molecule has 1 rings (SSSR count). The second kappa shape index (κ2) is 5.13. The molecule has 1 unspecified atom stereocenters. The maximum atomic E-state index is 5.88. The van der Waals surface area contributed by atoms with Gasteiger partial charge in [-0.05, 0) is 42.0 Å². The Morgan fingerprint density at radius 3 is 2.53 bits per heavy atom. The van der Waals surface area contributed by atoms with Gasteiger partial charge >= 0.3 is 0 Å². The molecule has 0 aliphatic carbocycles. The maximum absolute atomic E-state index is 5.88. The Morgan fingerprint density at radius 1 is 1.40 bits per heavy atom. The minimum Gasteiger partial charge on any atom is -0.330 e. The highest BCUT2D eigenvalue weighted by molar-refractivity contribution is 9.10. The third-order valence-corrected chi connectivity index (χ3v) is 3.85. The Labute approximate surface area is 101 Å². The Morgan fingerprint density at radius 2 is 2.07 bits per heavy atom. The first-order chi connectivity index (χ1) is 6.98. The summed E-state index contributed by atoms with van der Waals surface area (Å²) in [6.07, 6.45) is 1.04. The molecule has 0 aliphatic heterocycles. The number of benzene rings is 1. The van der Waals surface area contributed by atoms with Crippen molar-refractivity contribution in [2.45, 2.75) is 27.2 Å². The van der Waals surface area contributed by atoms with E-state index in [2.05, 4.69) is 61.0 Å². The highest BCUT2D eigenvalue weighted by atomic mass is 79.9. The van der Waals surface area contributed by atoms with Crippen molar-refractivity contribution in [2.24, 2.45) is 17.1 Å². The van der Waals surface area contributed by atoms with Crippen LogP contribution in [0.2, 0.25) is 0 Å². The molecule has 0 aliphatic rings. The van der Waals surface area contributed by atoms with Crippen LogP contribution in [0.5, 0.6) is 0 Å². The summed E-state index contributed by atoms with van der Waals surface area (Å²) in [5.41, 5.74) is 7.43. The second-order valence-electron chi connectivity index (χ2n) is 4.82. The van der Waals surface area contributed by atoms with E-state index in [9.17, 15) is 0 Å². The molecule has 2 heteroatoms. The van der Waals surface area contributed by atoms with Crippen LogP contribution in [0.15, 0.2) is 28.7 Å². The van der Waals surface area contributed by atoms with Gasteiger partial charge in [0.05, 0.1) is 0 Å². The van der Waals surface area contributed by atoms with Gasteiger partial charge < -0.3 is 5.73 Å². The summed E-state index contributed by atoms with van der Waals surface area (Å²) >= 11 is 3.50. The van der Waals surface area contributed by atoms with Crippen LogP contribution in [0, 0.1) is 11.3 Å². The molecule has 0 spiro atoms. The van der Waals surface area contributed by atoms with Crippen LogP contribution >= 0.6 is 15.9 Å². The summed E-state index contributed by atoms with van der Waals surface area (Å²) in [6, 6.07) is 8.48. The van der Waals surface area contributed by atoms with Crippen molar-refractivity contribution in [3.8, 4) is 0 Å². The zero-order chi connectivity index (χ0) is 11.5. The van der Waals surface area contributed by atoms with E-state index >= 15 is 0 Å². The summed E-state index contributed by atoms with van der Waals surface area (Å²) in [5.74, 6) is 0.599. The van der Waals surface area contributed by atoms with Crippen LogP contribution in [-0.4, -0.2) is 6.54 Å². The standard InChI is InChI=1S/C13H20BrN/c1-10(2)13(3,9-15)8-11-5-4-6-12(14)7-11/h4-7,10H,8-9,15H2,1-3H3. The van der Waals surface area contributed by atoms with Crippen molar-refractivity contribution in [1.29, 1.82) is 0 Å². The van der Waals surface area contributed by atoms with Crippen molar-refractivity contribution in [3.63, 3.8) is 0 Å². The van der Waals surface area contributed by atoms with Crippen molar-refractivity contribution in [2.75, 3.05) is 6.54 Å². The van der Waals surface area contributed by atoms with Crippen molar-refractivity contribution >= 4 is 15.9 Å². The summed E-state index contributed by atoms with van der Waals surface area (Å²) in [6.45, 7) is 7.48. The van der Waals surface area contributed by atoms with Crippen LogP contribution < -0.4 is 5.73 Å². The first-order valence-electron chi connectivity index (χ1n) is 5.42. The number of halogens is 1. The van der Waals surface area contributed by atoms with E-state index < -0.39 is 0 Å². The average molecular weight is 270 g/mol. The summed E-state index contributed by atoms with van der Waals surface area (Å²) in [5, 5.41) is 0. The Kier molecular flexibility index (Phi) is 4.35. The molecule has 15 heavy (non-hydrogen) atoms. The predicted molar refractivity (Wildman–Crippen MR) is 69.8 cm³/mol. The lowest BCUT2D eigenvalue weighted by Crippen LogP contribution is -2.34. The molecule has 2 N–H and O–H groups in total. The van der Waals surface area contributed by atoms with Gasteiger partial charge in [0.2, 0.25) is 0 Å². The molecule has 84 valence electrons. The first-order valence-corrected chi connectivity index (χ1v) is 6.22. The Balaban J connectivity index is 2.84. The van der Waals surface area contributed by atoms with Gasteiger partial charge in [-0.15, -0.1) is 0 Å². The summed E-state index contributed by atoms with van der Waals surface area (Å²) < 4.78 is 1.14. The van der Waals surface area contributed by atoms with Crippen LogP contribution in [-0.2, 0) is 6.42 Å². The largest absolute Gasteiger partial charge is 0.330 e. The molecule has 0 aromatic heterocycles. The van der Waals surface area contributed by atoms with Gasteiger partial charge in [-0.3, -0.25) is 0 Å². The third-order valence-electron chi connectivity index (χ3n) is 3.36. The topological polar surface area (TPSA) is 26.0 Å². The molecule has 0 amide bonds. The van der Waals surface area contributed by atoms with Gasteiger partial charge in [-0.2, -0.15) is 0 Å². The molecule has 1 aromatic rings. The fourth-order valence-corrected chi connectivity index (χ4v) is 2.07. The van der Waals surface area contributed by atoms with E-state index in [1.165, 1.54) is 5.56 Å². The molecule has 0 heterocycles. The van der Waals surface area contributed by atoms with Gasteiger partial charge in [0.1, 0.15) is 0 Å². The third kappa shape index (κ3) is 3.32. The monoisotopic (exact) mass is 269 g/mol. The van der Waals surface area contributed by atoms with Crippen LogP contribution in [0.3, 0.4) is 0 Å². The number of hydrogen-bond donors (Lipinski definition) is 1. The number of rotatable bonds is 4. The lowest BCUT2D eigenvalue weighted by molar-refractivity contribution is 0.227. The van der Waals surface area contributed by atoms with Crippen molar-refractivity contribution in [1.82, 2.24) is 0 Å². The highest BCUT2D eigenvalue weighted by Gasteiger charge is 2.26. The average Bonchev–Trinajstić information content (AvgIpc) is 2.17. The number of hydrogen-bond acceptors (Lipinski definition) is 1. The van der Waals surface area contributed by atoms with Crippen LogP contribution in [0.1, 0.15) is 26.3 Å². The van der Waals surface area contributed by atoms with E-state index in [-0.39, 0.29) is 5.41 Å². The Bertz CT molecular complexity index is 322. The molecular formula is C13H20BrN. The van der Waals surface area contributed by atoms with Gasteiger partial charge in [0.15, 0.2) is 0 Å². The zero-order valence-electron chi connectivity index (χ0n) is 9.76. The normalized spacial score (nSPS) is 15.3. The van der Waals surface area contributed by atoms with E-state index in [4.69, 9.17) is 5.73 Å². The van der Waals surface area contributed by atoms with Crippen LogP contribution in [0.4, 0.5) is 0 Å². The minimum atomic E-state index is 0.195. The van der Waals surface area contributed by atoms with Gasteiger partial charge in [-0.1, -0.05) is 48.8 Å². The fourth-order valence-electron chi connectivity index (χ4n) is 1.63. The molecule has 1 nitrogen and oxygen atoms in total. The molecule has 0 radical (unpaired) electrons. The SMILES string of the molecule is CC(C)C(C)(CN)Cc1cccc(Br)c1. The van der Waals surface area contributed by atoms with E-state index in [0.29, 0.717) is 5.92 Å². The van der Waals surface area contributed by atoms with Crippen LogP contribution in [0.25, 0.3) is 0 Å². The van der Waals surface area contributed by atoms with Gasteiger partial charge in [0, 0.05) is 4.47 Å². The minimum absolute atomic E-state index is 0.195. The van der Waals surface area contributed by atoms with E-state index in [0.717, 1.165) is 17.4 Å². The highest BCUT2D eigenvalue weighted by Crippen LogP contribution is 2.30. The van der Waals surface area contributed by atoms with Gasteiger partial charge in [0.25, 0.3) is 0 Å². The lowest BCUT2D eigenvalue weighted by atomic mass is 9.74. The molecule has 0 saturated carbocycles. The molecule has 1 atom stereocenters.